The molecule has 124 valence electrons. The smallest absolute Gasteiger partial charge is 0.417 e. The zero-order valence-corrected chi connectivity index (χ0v) is 14.3. The number of aromatic nitrogens is 1. The third-order valence-corrected chi connectivity index (χ3v) is 3.65. The first-order valence-electron chi connectivity index (χ1n) is 5.84. The van der Waals surface area contributed by atoms with Crippen LogP contribution in [0, 0.1) is 0 Å². The number of hydrogen-bond acceptors (Lipinski definition) is 5. The Morgan fingerprint density at radius 2 is 2.13 bits per heavy atom. The molecule has 23 heavy (non-hydrogen) atoms. The van der Waals surface area contributed by atoms with E-state index in [9.17, 15) is 18.0 Å². The van der Waals surface area contributed by atoms with Gasteiger partial charge in [-0.3, -0.25) is 9.89 Å². The Hall–Kier alpha value is -1.32. The fraction of sp³-hybridized carbons (Fsp3) is 0.250. The molecule has 1 unspecified atom stereocenters. The van der Waals surface area contributed by atoms with E-state index in [0.717, 1.165) is 12.0 Å². The molecule has 5 nitrogen and oxygen atoms in total. The quantitative estimate of drug-likeness (QED) is 0.304. The standard InChI is InChI=1S/C12H7BrCl2F3N3O2/c1-23-10(22)8-6(12(16,17)18)2-7(14)20-9(8)21-4-5(13)3-19-11(21)15/h2-4,11H,1H3. The number of nitrogens with zero attached hydrogens (tertiary/aromatic N) is 3. The monoisotopic (exact) mass is 431 g/mol. The Morgan fingerprint density at radius 3 is 2.70 bits per heavy atom. The van der Waals surface area contributed by atoms with Crippen molar-refractivity contribution in [2.45, 2.75) is 11.8 Å². The maximum atomic E-state index is 13.2. The lowest BCUT2D eigenvalue weighted by Crippen LogP contribution is -2.31. The van der Waals surface area contributed by atoms with E-state index in [1.807, 2.05) is 0 Å². The number of rotatable bonds is 2. The lowest BCUT2D eigenvalue weighted by molar-refractivity contribution is -0.138. The predicted molar refractivity (Wildman–Crippen MR) is 83.2 cm³/mol. The molecule has 11 heteroatoms. The number of alkyl halides is 4. The minimum absolute atomic E-state index is 0.412. The van der Waals surface area contributed by atoms with Crippen molar-refractivity contribution in [3.8, 4) is 0 Å². The molecular formula is C12H7BrCl2F3N3O2. The normalized spacial score (nSPS) is 18.0. The Bertz CT molecular complexity index is 710. The number of esters is 1. The SMILES string of the molecule is COC(=O)c1c(C(F)(F)F)cc(Cl)nc1N1C=C(Br)C=NC1Cl. The van der Waals surface area contributed by atoms with Crippen LogP contribution in [0.4, 0.5) is 19.0 Å². The van der Waals surface area contributed by atoms with Gasteiger partial charge in [0.25, 0.3) is 0 Å². The number of halogens is 6. The van der Waals surface area contributed by atoms with Crippen LogP contribution in [0.15, 0.2) is 21.7 Å². The van der Waals surface area contributed by atoms with Crippen molar-refractivity contribution < 1.29 is 22.7 Å². The van der Waals surface area contributed by atoms with Crippen LogP contribution in [0.25, 0.3) is 0 Å². The lowest BCUT2D eigenvalue weighted by Gasteiger charge is -2.27. The summed E-state index contributed by atoms with van der Waals surface area (Å²) < 4.78 is 44.6. The van der Waals surface area contributed by atoms with E-state index in [4.69, 9.17) is 23.2 Å². The fourth-order valence-corrected chi connectivity index (χ4v) is 2.54. The Kier molecular flexibility index (Phi) is 5.22. The van der Waals surface area contributed by atoms with Gasteiger partial charge in [-0.2, -0.15) is 13.2 Å². The summed E-state index contributed by atoms with van der Waals surface area (Å²) in [7, 11) is 0.958. The summed E-state index contributed by atoms with van der Waals surface area (Å²) in [5.41, 5.74) is -3.18. The average molecular weight is 433 g/mol. The van der Waals surface area contributed by atoms with E-state index < -0.39 is 39.9 Å². The maximum Gasteiger partial charge on any atom is 0.417 e. The zero-order valence-electron chi connectivity index (χ0n) is 11.2. The third kappa shape index (κ3) is 3.78. The number of allylic oxidation sites excluding steroid dienone is 1. The Balaban J connectivity index is 2.74. The van der Waals surface area contributed by atoms with Crippen molar-refractivity contribution in [2.24, 2.45) is 4.99 Å². The highest BCUT2D eigenvalue weighted by atomic mass is 79.9. The van der Waals surface area contributed by atoms with Gasteiger partial charge in [0.05, 0.1) is 17.2 Å². The molecule has 0 N–H and O–H groups in total. The molecule has 2 heterocycles. The van der Waals surface area contributed by atoms with Crippen molar-refractivity contribution in [3.05, 3.63) is 33.0 Å². The number of ether oxygens (including phenoxy) is 1. The van der Waals surface area contributed by atoms with Crippen LogP contribution in [0.2, 0.25) is 5.15 Å². The molecule has 0 radical (unpaired) electrons. The predicted octanol–water partition coefficient (Wildman–Crippen LogP) is 4.19. The van der Waals surface area contributed by atoms with E-state index in [1.165, 1.54) is 12.4 Å². The van der Waals surface area contributed by atoms with Gasteiger partial charge in [0, 0.05) is 12.4 Å². The minimum atomic E-state index is -4.84. The van der Waals surface area contributed by atoms with Crippen molar-refractivity contribution >= 4 is 57.1 Å². The molecule has 0 aromatic carbocycles. The van der Waals surface area contributed by atoms with Crippen LogP contribution >= 0.6 is 39.1 Å². The summed E-state index contributed by atoms with van der Waals surface area (Å²) in [5.74, 6) is -1.63. The summed E-state index contributed by atoms with van der Waals surface area (Å²) in [5, 5.41) is -0.456. The molecule has 0 saturated heterocycles. The van der Waals surface area contributed by atoms with Gasteiger partial charge in [-0.1, -0.05) is 23.2 Å². The number of carbonyl (C=O) groups excluding carboxylic acids is 1. The summed E-state index contributed by atoms with van der Waals surface area (Å²) >= 11 is 14.8. The van der Waals surface area contributed by atoms with Crippen LogP contribution in [0.1, 0.15) is 15.9 Å². The summed E-state index contributed by atoms with van der Waals surface area (Å²) in [6.07, 6.45) is -2.15. The van der Waals surface area contributed by atoms with Gasteiger partial charge < -0.3 is 4.74 Å². The molecule has 2 rings (SSSR count). The van der Waals surface area contributed by atoms with E-state index in [1.54, 1.807) is 0 Å². The largest absolute Gasteiger partial charge is 0.465 e. The first kappa shape index (κ1) is 18.0. The molecular weight excluding hydrogens is 426 g/mol. The summed E-state index contributed by atoms with van der Waals surface area (Å²) in [6, 6.07) is 0.548. The molecule has 1 atom stereocenters. The van der Waals surface area contributed by atoms with Crippen LogP contribution in [0.3, 0.4) is 0 Å². The molecule has 0 bridgehead atoms. The van der Waals surface area contributed by atoms with Crippen LogP contribution in [-0.2, 0) is 10.9 Å². The van der Waals surface area contributed by atoms with Gasteiger partial charge in [-0.25, -0.2) is 9.78 Å². The first-order valence-corrected chi connectivity index (χ1v) is 7.45. The highest BCUT2D eigenvalue weighted by Gasteiger charge is 2.40. The number of pyridine rings is 1. The Labute approximate surface area is 146 Å². The number of methoxy groups -OCH3 is 1. The first-order chi connectivity index (χ1) is 10.6. The van der Waals surface area contributed by atoms with Crippen molar-refractivity contribution in [1.82, 2.24) is 4.98 Å². The second-order valence-corrected chi connectivity index (χ2v) is 5.88. The van der Waals surface area contributed by atoms with Crippen molar-refractivity contribution in [3.63, 3.8) is 0 Å². The Morgan fingerprint density at radius 1 is 1.48 bits per heavy atom. The highest BCUT2D eigenvalue weighted by molar-refractivity contribution is 9.12. The molecule has 0 aliphatic carbocycles. The van der Waals surface area contributed by atoms with Crippen LogP contribution in [0.5, 0.6) is 0 Å². The summed E-state index contributed by atoms with van der Waals surface area (Å²) in [6.45, 7) is 0. The fourth-order valence-electron chi connectivity index (χ4n) is 1.81. The summed E-state index contributed by atoms with van der Waals surface area (Å²) in [4.78, 5) is 20.6. The molecule has 1 aromatic rings. The van der Waals surface area contributed by atoms with Gasteiger partial charge in [0.2, 0.25) is 5.62 Å². The van der Waals surface area contributed by atoms with Gasteiger partial charge in [-0.05, 0) is 22.0 Å². The second kappa shape index (κ2) is 6.66. The zero-order chi connectivity index (χ0) is 17.4. The molecule has 1 aliphatic rings. The topological polar surface area (TPSA) is 54.8 Å². The van der Waals surface area contributed by atoms with E-state index in [2.05, 4.69) is 30.6 Å². The number of hydrogen-bond donors (Lipinski definition) is 0. The van der Waals surface area contributed by atoms with Gasteiger partial charge in [-0.15, -0.1) is 0 Å². The molecule has 0 saturated carbocycles. The molecule has 0 fully saturated rings. The van der Waals surface area contributed by atoms with Gasteiger partial charge >= 0.3 is 12.1 Å². The van der Waals surface area contributed by atoms with Crippen molar-refractivity contribution in [1.29, 1.82) is 0 Å². The molecule has 0 amide bonds. The average Bonchev–Trinajstić information content (AvgIpc) is 2.47. The third-order valence-electron chi connectivity index (χ3n) is 2.72. The molecule has 0 spiro atoms. The van der Waals surface area contributed by atoms with Gasteiger partial charge in [0.1, 0.15) is 10.7 Å². The van der Waals surface area contributed by atoms with E-state index in [0.29, 0.717) is 10.5 Å². The molecule has 1 aromatic heterocycles. The molecule has 1 aliphatic heterocycles. The number of carbonyl (C=O) groups is 1. The maximum absolute atomic E-state index is 13.2. The van der Waals surface area contributed by atoms with E-state index in [-0.39, 0.29) is 0 Å². The van der Waals surface area contributed by atoms with Crippen molar-refractivity contribution in [2.75, 3.05) is 12.0 Å². The van der Waals surface area contributed by atoms with Crippen LogP contribution in [-0.4, -0.2) is 29.9 Å². The highest BCUT2D eigenvalue weighted by Crippen LogP contribution is 2.39. The minimum Gasteiger partial charge on any atom is -0.465 e. The second-order valence-electron chi connectivity index (χ2n) is 4.19. The number of aliphatic imine (C=N–C) groups is 1. The van der Waals surface area contributed by atoms with E-state index >= 15 is 0 Å². The van der Waals surface area contributed by atoms with Crippen LogP contribution < -0.4 is 4.90 Å². The van der Waals surface area contributed by atoms with Gasteiger partial charge in [0.15, 0.2) is 5.82 Å². The number of anilines is 1. The lowest BCUT2D eigenvalue weighted by atomic mass is 10.1.